The lowest BCUT2D eigenvalue weighted by Gasteiger charge is -1.90. The van der Waals surface area contributed by atoms with Crippen LogP contribution in [0.3, 0.4) is 0 Å². The maximum absolute atomic E-state index is 5.14. The number of hydrogen-bond donors (Lipinski definition) is 0. The van der Waals surface area contributed by atoms with Crippen LogP contribution in [-0.2, 0) is 0 Å². The average Bonchev–Trinajstić information content (AvgIpc) is 2.17. The highest BCUT2D eigenvalue weighted by Gasteiger charge is 2.11. The molecular formula is C6H6S5. The quantitative estimate of drug-likeness (QED) is 0.624. The number of hydrogen-bond acceptors (Lipinski definition) is 5. The highest BCUT2D eigenvalue weighted by atomic mass is 32.2. The Morgan fingerprint density at radius 2 is 1.55 bits per heavy atom. The van der Waals surface area contributed by atoms with Crippen LogP contribution < -0.4 is 0 Å². The lowest BCUT2D eigenvalue weighted by atomic mass is 10.6. The largest absolute Gasteiger partial charge is 0.145 e. The molecule has 0 atom stereocenters. The number of rotatable bonds is 0. The number of fused-ring (bicyclic) bond motifs is 1. The van der Waals surface area contributed by atoms with Crippen LogP contribution in [0.2, 0.25) is 0 Å². The van der Waals surface area contributed by atoms with Gasteiger partial charge in [-0.05, 0) is 17.9 Å². The molecule has 1 aliphatic heterocycles. The van der Waals surface area contributed by atoms with Gasteiger partial charge >= 0.3 is 0 Å². The predicted octanol–water partition coefficient (Wildman–Crippen LogP) is 4.13. The van der Waals surface area contributed by atoms with Crippen LogP contribution >= 0.6 is 58.4 Å². The number of thioether (sulfide) groups is 2. The van der Waals surface area contributed by atoms with Crippen molar-refractivity contribution in [2.75, 3.05) is 11.5 Å². The van der Waals surface area contributed by atoms with Crippen LogP contribution in [0.1, 0.15) is 6.42 Å². The fourth-order valence-electron chi connectivity index (χ4n) is 0.821. The standard InChI is InChI=1S/C6H6S5/c7-6-10-4-5(11-6)9-3-1-2-8-4/h1-3H2. The normalized spacial score (nSPS) is 17.5. The molecule has 0 amide bonds. The van der Waals surface area contributed by atoms with Crippen LogP contribution in [0.25, 0.3) is 0 Å². The van der Waals surface area contributed by atoms with E-state index in [9.17, 15) is 0 Å². The van der Waals surface area contributed by atoms with Gasteiger partial charge in [0.05, 0.1) is 8.42 Å². The van der Waals surface area contributed by atoms with Gasteiger partial charge in [-0.15, -0.1) is 46.2 Å². The van der Waals surface area contributed by atoms with Crippen molar-refractivity contribution in [1.82, 2.24) is 0 Å². The first-order chi connectivity index (χ1) is 5.36. The Morgan fingerprint density at radius 1 is 1.00 bits per heavy atom. The van der Waals surface area contributed by atoms with Gasteiger partial charge < -0.3 is 0 Å². The minimum Gasteiger partial charge on any atom is -0.113 e. The Morgan fingerprint density at radius 3 is 2.09 bits per heavy atom. The van der Waals surface area contributed by atoms with Gasteiger partial charge in [-0.3, -0.25) is 0 Å². The molecule has 0 unspecified atom stereocenters. The zero-order chi connectivity index (χ0) is 7.68. The van der Waals surface area contributed by atoms with E-state index < -0.39 is 0 Å². The second-order valence-electron chi connectivity index (χ2n) is 2.08. The van der Waals surface area contributed by atoms with E-state index in [0.29, 0.717) is 0 Å². The van der Waals surface area contributed by atoms with E-state index in [-0.39, 0.29) is 0 Å². The summed E-state index contributed by atoms with van der Waals surface area (Å²) in [6, 6.07) is 0. The van der Waals surface area contributed by atoms with Crippen LogP contribution in [0.4, 0.5) is 0 Å². The zero-order valence-electron chi connectivity index (χ0n) is 5.66. The Labute approximate surface area is 87.4 Å². The summed E-state index contributed by atoms with van der Waals surface area (Å²) in [5.74, 6) is 2.53. The molecule has 1 aromatic heterocycles. The van der Waals surface area contributed by atoms with Gasteiger partial charge in [0.15, 0.2) is 0 Å². The highest BCUT2D eigenvalue weighted by Crippen LogP contribution is 2.43. The maximum atomic E-state index is 5.14. The molecule has 0 saturated heterocycles. The van der Waals surface area contributed by atoms with Gasteiger partial charge in [0.1, 0.15) is 3.14 Å². The third-order valence-electron chi connectivity index (χ3n) is 1.27. The molecule has 0 radical (unpaired) electrons. The molecular weight excluding hydrogens is 232 g/mol. The molecule has 0 bridgehead atoms. The lowest BCUT2D eigenvalue weighted by Crippen LogP contribution is -1.76. The summed E-state index contributed by atoms with van der Waals surface area (Å²) in [6.45, 7) is 0. The van der Waals surface area contributed by atoms with Gasteiger partial charge in [-0.1, -0.05) is 12.2 Å². The summed E-state index contributed by atoms with van der Waals surface area (Å²) in [6.07, 6.45) is 1.33. The SMILES string of the molecule is S=c1sc2c(s1)SCCCS2. The third kappa shape index (κ3) is 2.01. The van der Waals surface area contributed by atoms with Crippen molar-refractivity contribution < 1.29 is 0 Å². The van der Waals surface area contributed by atoms with Crippen LogP contribution in [0.15, 0.2) is 8.42 Å². The molecule has 1 aliphatic rings. The fourth-order valence-corrected chi connectivity index (χ4v) is 7.14. The minimum atomic E-state index is 1.08. The average molecular weight is 238 g/mol. The van der Waals surface area contributed by atoms with Gasteiger partial charge in [0, 0.05) is 0 Å². The zero-order valence-corrected chi connectivity index (χ0v) is 9.75. The lowest BCUT2D eigenvalue weighted by molar-refractivity contribution is 1.13. The van der Waals surface area contributed by atoms with E-state index in [1.165, 1.54) is 26.3 Å². The summed E-state index contributed by atoms with van der Waals surface area (Å²) in [5.41, 5.74) is 0. The summed E-state index contributed by atoms with van der Waals surface area (Å²) in [4.78, 5) is 0. The molecule has 0 N–H and O–H groups in total. The van der Waals surface area contributed by atoms with Crippen molar-refractivity contribution in [1.29, 1.82) is 0 Å². The first-order valence-corrected chi connectivity index (χ1v) is 7.27. The maximum Gasteiger partial charge on any atom is 0.145 e. The molecule has 0 fully saturated rings. The van der Waals surface area contributed by atoms with E-state index in [0.717, 1.165) is 3.14 Å². The van der Waals surface area contributed by atoms with Crippen molar-refractivity contribution in [3.05, 3.63) is 3.14 Å². The van der Waals surface area contributed by atoms with Gasteiger partial charge in [0.2, 0.25) is 0 Å². The molecule has 0 nitrogen and oxygen atoms in total. The van der Waals surface area contributed by atoms with Crippen LogP contribution in [0, 0.1) is 3.14 Å². The van der Waals surface area contributed by atoms with Crippen molar-refractivity contribution >= 4 is 58.4 Å². The Kier molecular flexibility index (Phi) is 2.95. The van der Waals surface area contributed by atoms with E-state index in [2.05, 4.69) is 0 Å². The molecule has 11 heavy (non-hydrogen) atoms. The van der Waals surface area contributed by atoms with Crippen molar-refractivity contribution in [3.8, 4) is 0 Å². The fraction of sp³-hybridized carbons (Fsp3) is 0.500. The van der Waals surface area contributed by atoms with Gasteiger partial charge in [0.25, 0.3) is 0 Å². The molecule has 0 aliphatic carbocycles. The Hall–Kier alpha value is 0.970. The third-order valence-corrected chi connectivity index (χ3v) is 7.03. The molecule has 5 heteroatoms. The van der Waals surface area contributed by atoms with Crippen LogP contribution in [-0.4, -0.2) is 11.5 Å². The molecule has 2 rings (SSSR count). The smallest absolute Gasteiger partial charge is 0.113 e. The van der Waals surface area contributed by atoms with Crippen LogP contribution in [0.5, 0.6) is 0 Å². The van der Waals surface area contributed by atoms with Crippen molar-refractivity contribution in [2.45, 2.75) is 14.8 Å². The monoisotopic (exact) mass is 238 g/mol. The molecule has 1 aromatic rings. The Bertz CT molecular complexity index is 270. The first kappa shape index (κ1) is 8.56. The van der Waals surface area contributed by atoms with E-state index in [4.69, 9.17) is 12.2 Å². The molecule has 0 saturated carbocycles. The molecule has 60 valence electrons. The molecule has 0 aromatic carbocycles. The van der Waals surface area contributed by atoms with Crippen molar-refractivity contribution in [3.63, 3.8) is 0 Å². The topological polar surface area (TPSA) is 0 Å². The minimum absolute atomic E-state index is 1.08. The molecule has 2 heterocycles. The van der Waals surface area contributed by atoms with E-state index >= 15 is 0 Å². The summed E-state index contributed by atoms with van der Waals surface area (Å²) < 4.78 is 4.00. The van der Waals surface area contributed by atoms with E-state index in [1.807, 2.05) is 23.5 Å². The molecule has 0 spiro atoms. The second kappa shape index (κ2) is 3.79. The van der Waals surface area contributed by atoms with Gasteiger partial charge in [-0.2, -0.15) is 0 Å². The summed E-state index contributed by atoms with van der Waals surface area (Å²) in [5, 5.41) is 0. The Balaban J connectivity index is 2.39. The first-order valence-electron chi connectivity index (χ1n) is 3.26. The van der Waals surface area contributed by atoms with Crippen molar-refractivity contribution in [2.24, 2.45) is 0 Å². The summed E-state index contributed by atoms with van der Waals surface area (Å²) in [7, 11) is 0. The van der Waals surface area contributed by atoms with E-state index in [1.54, 1.807) is 22.7 Å². The second-order valence-corrected chi connectivity index (χ2v) is 8.03. The summed E-state index contributed by atoms with van der Waals surface area (Å²) >= 11 is 12.6. The van der Waals surface area contributed by atoms with Gasteiger partial charge in [-0.25, -0.2) is 0 Å². The highest BCUT2D eigenvalue weighted by molar-refractivity contribution is 8.05. The predicted molar refractivity (Wildman–Crippen MR) is 59.1 cm³/mol.